The minimum Gasteiger partial charge on any atom is -0.411 e. The topological polar surface area (TPSA) is 9.23 Å². The van der Waals surface area contributed by atoms with Crippen molar-refractivity contribution >= 4 is 8.32 Å². The van der Waals surface area contributed by atoms with Crippen LogP contribution in [-0.4, -0.2) is 14.4 Å². The molecule has 0 bridgehead atoms. The minimum absolute atomic E-state index is 0.0969. The van der Waals surface area contributed by atoms with E-state index in [2.05, 4.69) is 63.6 Å². The third kappa shape index (κ3) is 5.14. The summed E-state index contributed by atoms with van der Waals surface area (Å²) in [6.45, 7) is 18.6. The summed E-state index contributed by atoms with van der Waals surface area (Å²) in [5.41, 5.74) is 1.02. The Bertz CT molecular complexity index is 462. The number of hydrogen-bond acceptors (Lipinski definition) is 1. The lowest BCUT2D eigenvalue weighted by Gasteiger charge is -2.31. The third-order valence-electron chi connectivity index (χ3n) is 3.65. The van der Waals surface area contributed by atoms with Gasteiger partial charge in [0.1, 0.15) is 0 Å². The maximum atomic E-state index is 6.16. The van der Waals surface area contributed by atoms with Gasteiger partial charge in [0, 0.05) is 5.41 Å². The highest BCUT2D eigenvalue weighted by molar-refractivity contribution is 6.69. The van der Waals surface area contributed by atoms with Crippen LogP contribution in [0.2, 0.25) is 19.6 Å². The van der Waals surface area contributed by atoms with Crippen LogP contribution in [0.3, 0.4) is 0 Å². The maximum absolute atomic E-state index is 6.16. The minimum atomic E-state index is -1.56. The van der Waals surface area contributed by atoms with Crippen LogP contribution in [0.5, 0.6) is 0 Å². The van der Waals surface area contributed by atoms with E-state index in [1.165, 1.54) is 5.56 Å². The Balaban J connectivity index is 2.87. The predicted octanol–water partition coefficient (Wildman–Crippen LogP) is 5.48. The highest BCUT2D eigenvalue weighted by atomic mass is 28.4. The summed E-state index contributed by atoms with van der Waals surface area (Å²) in [7, 11) is -1.56. The zero-order valence-electron chi connectivity index (χ0n) is 13.6. The summed E-state index contributed by atoms with van der Waals surface area (Å²) in [5.74, 6) is 0. The molecule has 0 amide bonds. The molecule has 1 aromatic rings. The van der Waals surface area contributed by atoms with Gasteiger partial charge in [-0.3, -0.25) is 0 Å². The molecule has 0 spiro atoms. The van der Waals surface area contributed by atoms with Crippen LogP contribution >= 0.6 is 0 Å². The van der Waals surface area contributed by atoms with Crippen molar-refractivity contribution in [3.05, 3.63) is 73.9 Å². The molecule has 0 saturated heterocycles. The van der Waals surface area contributed by atoms with E-state index in [-0.39, 0.29) is 11.5 Å². The van der Waals surface area contributed by atoms with Gasteiger partial charge in [-0.2, -0.15) is 0 Å². The quantitative estimate of drug-likeness (QED) is 0.433. The van der Waals surface area contributed by atoms with Crippen LogP contribution in [0.25, 0.3) is 0 Å². The molecule has 1 nitrogen and oxygen atoms in total. The zero-order valence-corrected chi connectivity index (χ0v) is 14.6. The van der Waals surface area contributed by atoms with Crippen LogP contribution in [0.15, 0.2) is 68.3 Å². The normalized spacial score (nSPS) is 13.5. The number of rotatable bonds is 9. The van der Waals surface area contributed by atoms with E-state index in [1.807, 2.05) is 24.3 Å². The summed E-state index contributed by atoms with van der Waals surface area (Å²) in [6, 6.07) is 10.4. The molecular weight excluding hydrogens is 272 g/mol. The molecule has 1 atom stereocenters. The number of hydrogen-bond donors (Lipinski definition) is 0. The van der Waals surface area contributed by atoms with Gasteiger partial charge in [0.2, 0.25) is 0 Å². The van der Waals surface area contributed by atoms with E-state index in [9.17, 15) is 0 Å². The van der Waals surface area contributed by atoms with Gasteiger partial charge < -0.3 is 4.43 Å². The first-order valence-electron chi connectivity index (χ1n) is 7.50. The molecule has 21 heavy (non-hydrogen) atoms. The molecule has 1 aromatic carbocycles. The fraction of sp³-hybridized carbons (Fsp3) is 0.368. The van der Waals surface area contributed by atoms with Gasteiger partial charge in [0.15, 0.2) is 8.32 Å². The van der Waals surface area contributed by atoms with Crippen LogP contribution in [0.1, 0.15) is 18.4 Å². The molecule has 0 aromatic heterocycles. The summed E-state index contributed by atoms with van der Waals surface area (Å²) >= 11 is 0. The van der Waals surface area contributed by atoms with Gasteiger partial charge in [0.25, 0.3) is 0 Å². The van der Waals surface area contributed by atoms with Gasteiger partial charge in [-0.25, -0.2) is 0 Å². The Morgan fingerprint density at radius 3 is 2.10 bits per heavy atom. The van der Waals surface area contributed by atoms with Crippen molar-refractivity contribution in [3.8, 4) is 0 Å². The van der Waals surface area contributed by atoms with Crippen LogP contribution in [-0.2, 0) is 9.84 Å². The number of benzene rings is 1. The first-order valence-corrected chi connectivity index (χ1v) is 10.9. The lowest BCUT2D eigenvalue weighted by atomic mass is 9.76. The molecule has 0 aliphatic heterocycles. The van der Waals surface area contributed by atoms with Crippen molar-refractivity contribution in [3.63, 3.8) is 0 Å². The monoisotopic (exact) mass is 300 g/mol. The predicted molar refractivity (Wildman–Crippen MR) is 96.2 cm³/mol. The highest BCUT2D eigenvalue weighted by Crippen LogP contribution is 2.33. The molecule has 1 rings (SSSR count). The molecule has 0 heterocycles. The summed E-state index contributed by atoms with van der Waals surface area (Å²) in [6.07, 6.45) is 7.83. The standard InChI is InChI=1S/C19H28OSi/c1-7-18(20-21(4,5)6)15-16-19(8-2,9-3)17-13-11-10-12-14-17/h7-14,18H,1-3,15-16H2,4-6H3. The van der Waals surface area contributed by atoms with Crippen LogP contribution < -0.4 is 0 Å². The Morgan fingerprint density at radius 2 is 1.67 bits per heavy atom. The molecular formula is C19H28OSi. The molecule has 1 unspecified atom stereocenters. The Kier molecular flexibility index (Phi) is 6.37. The first-order chi connectivity index (χ1) is 9.87. The molecule has 0 aliphatic rings. The summed E-state index contributed by atoms with van der Waals surface area (Å²) in [5, 5.41) is 0. The van der Waals surface area contributed by atoms with Crippen molar-refractivity contribution in [2.24, 2.45) is 0 Å². The van der Waals surface area contributed by atoms with Crippen molar-refractivity contribution in [1.82, 2.24) is 0 Å². The molecule has 0 fully saturated rings. The second-order valence-electron chi connectivity index (χ2n) is 6.36. The van der Waals surface area contributed by atoms with Crippen LogP contribution in [0, 0.1) is 0 Å². The lowest BCUT2D eigenvalue weighted by Crippen LogP contribution is -2.32. The SMILES string of the molecule is C=CC(CCC(C=C)(C=C)c1ccccc1)O[Si](C)(C)C. The Morgan fingerprint density at radius 1 is 1.10 bits per heavy atom. The molecule has 0 N–H and O–H groups in total. The Labute approximate surface area is 131 Å². The average Bonchev–Trinajstić information content (AvgIpc) is 2.47. The molecule has 0 radical (unpaired) electrons. The van der Waals surface area contributed by atoms with E-state index in [4.69, 9.17) is 4.43 Å². The van der Waals surface area contributed by atoms with E-state index in [1.54, 1.807) is 0 Å². The zero-order chi connectivity index (χ0) is 15.9. The number of allylic oxidation sites excluding steroid dienone is 2. The smallest absolute Gasteiger partial charge is 0.184 e. The van der Waals surface area contributed by atoms with Crippen LogP contribution in [0.4, 0.5) is 0 Å². The molecule has 0 aliphatic carbocycles. The van der Waals surface area contributed by atoms with E-state index >= 15 is 0 Å². The lowest BCUT2D eigenvalue weighted by molar-refractivity contribution is 0.222. The molecule has 2 heteroatoms. The van der Waals surface area contributed by atoms with Gasteiger partial charge in [-0.1, -0.05) is 48.6 Å². The van der Waals surface area contributed by atoms with Gasteiger partial charge in [-0.15, -0.1) is 19.7 Å². The fourth-order valence-corrected chi connectivity index (χ4v) is 3.60. The van der Waals surface area contributed by atoms with E-state index < -0.39 is 8.32 Å². The van der Waals surface area contributed by atoms with Crippen molar-refractivity contribution in [1.29, 1.82) is 0 Å². The van der Waals surface area contributed by atoms with Gasteiger partial charge >= 0.3 is 0 Å². The first kappa shape index (κ1) is 17.7. The summed E-state index contributed by atoms with van der Waals surface area (Å²) < 4.78 is 6.16. The third-order valence-corrected chi connectivity index (χ3v) is 4.66. The van der Waals surface area contributed by atoms with E-state index in [0.717, 1.165) is 12.8 Å². The molecule has 114 valence electrons. The van der Waals surface area contributed by atoms with Crippen molar-refractivity contribution in [2.75, 3.05) is 0 Å². The van der Waals surface area contributed by atoms with E-state index in [0.29, 0.717) is 0 Å². The van der Waals surface area contributed by atoms with Gasteiger partial charge in [0.05, 0.1) is 6.10 Å². The highest BCUT2D eigenvalue weighted by Gasteiger charge is 2.27. The summed E-state index contributed by atoms with van der Waals surface area (Å²) in [4.78, 5) is 0. The Hall–Kier alpha value is -1.38. The van der Waals surface area contributed by atoms with Crippen molar-refractivity contribution < 1.29 is 4.43 Å². The molecule has 0 saturated carbocycles. The second kappa shape index (κ2) is 7.58. The average molecular weight is 301 g/mol. The second-order valence-corrected chi connectivity index (χ2v) is 10.8. The largest absolute Gasteiger partial charge is 0.411 e. The van der Waals surface area contributed by atoms with Gasteiger partial charge in [-0.05, 0) is 38.0 Å². The van der Waals surface area contributed by atoms with Crippen molar-refractivity contribution in [2.45, 2.75) is 44.0 Å². The fourth-order valence-electron chi connectivity index (χ4n) is 2.48. The maximum Gasteiger partial charge on any atom is 0.184 e.